The van der Waals surface area contributed by atoms with Gasteiger partial charge in [-0.2, -0.15) is 0 Å². The predicted octanol–water partition coefficient (Wildman–Crippen LogP) is 3.54. The number of carbonyl (C=O) groups excluding carboxylic acids is 1. The van der Waals surface area contributed by atoms with E-state index in [0.717, 1.165) is 0 Å². The van der Waals surface area contributed by atoms with E-state index >= 15 is 0 Å². The zero-order valence-electron chi connectivity index (χ0n) is 11.8. The molecule has 5 heteroatoms. The zero-order valence-corrected chi connectivity index (χ0v) is 11.8. The summed E-state index contributed by atoms with van der Waals surface area (Å²) in [7, 11) is 0. The molecule has 0 bridgehead atoms. The molecule has 3 rings (SSSR count). The molecule has 5 nitrogen and oxygen atoms in total. The third-order valence-corrected chi connectivity index (χ3v) is 3.04. The second-order valence-electron chi connectivity index (χ2n) is 4.73. The first-order valence-corrected chi connectivity index (χ1v) is 6.69. The highest BCUT2D eigenvalue weighted by Crippen LogP contribution is 2.32. The number of nitrogens with one attached hydrogen (secondary N) is 1. The normalized spacial score (nSPS) is 10.4. The van der Waals surface area contributed by atoms with E-state index in [-0.39, 0.29) is 11.3 Å². The highest BCUT2D eigenvalue weighted by atomic mass is 16.5. The van der Waals surface area contributed by atoms with E-state index in [4.69, 9.17) is 9.15 Å². The van der Waals surface area contributed by atoms with E-state index in [0.29, 0.717) is 28.2 Å². The molecule has 2 aromatic carbocycles. The number of carbonyl (C=O) groups is 1. The van der Waals surface area contributed by atoms with Crippen molar-refractivity contribution in [3.05, 3.63) is 65.0 Å². The lowest BCUT2D eigenvalue weighted by atomic mass is 10.2. The van der Waals surface area contributed by atoms with E-state index < -0.39 is 0 Å². The van der Waals surface area contributed by atoms with Gasteiger partial charge in [-0.25, -0.2) is 0 Å². The molecule has 0 aliphatic carbocycles. The first kappa shape index (κ1) is 13.9. The summed E-state index contributed by atoms with van der Waals surface area (Å²) in [4.78, 5) is 23.3. The summed E-state index contributed by atoms with van der Waals surface area (Å²) < 4.78 is 11.1. The second-order valence-corrected chi connectivity index (χ2v) is 4.73. The number of fused-ring (bicyclic) bond motifs is 1. The third kappa shape index (κ3) is 2.83. The molecule has 0 aliphatic heterocycles. The number of rotatable bonds is 3. The number of anilines is 1. The molecule has 1 aromatic heterocycles. The minimum Gasteiger partial charge on any atom is -0.464 e. The number of benzene rings is 2. The van der Waals surface area contributed by atoms with Gasteiger partial charge in [0, 0.05) is 19.1 Å². The largest absolute Gasteiger partial charge is 0.464 e. The van der Waals surface area contributed by atoms with Crippen LogP contribution in [0.1, 0.15) is 6.92 Å². The highest BCUT2D eigenvalue weighted by molar-refractivity contribution is 5.94. The number of ether oxygens (including phenoxy) is 1. The maximum Gasteiger partial charge on any atom is 0.221 e. The van der Waals surface area contributed by atoms with Crippen LogP contribution in [-0.4, -0.2) is 5.91 Å². The van der Waals surface area contributed by atoms with Crippen LogP contribution in [0.15, 0.2) is 64.0 Å². The van der Waals surface area contributed by atoms with Gasteiger partial charge in [0.25, 0.3) is 0 Å². The van der Waals surface area contributed by atoms with Gasteiger partial charge in [0.05, 0.1) is 17.3 Å². The highest BCUT2D eigenvalue weighted by Gasteiger charge is 2.12. The molecular weight excluding hydrogens is 282 g/mol. The summed E-state index contributed by atoms with van der Waals surface area (Å²) in [6.45, 7) is 1.40. The van der Waals surface area contributed by atoms with E-state index in [1.807, 2.05) is 18.2 Å². The number of para-hydroxylation sites is 1. The Morgan fingerprint density at radius 2 is 1.91 bits per heavy atom. The van der Waals surface area contributed by atoms with Crippen LogP contribution in [0.25, 0.3) is 11.0 Å². The Morgan fingerprint density at radius 3 is 2.64 bits per heavy atom. The Kier molecular flexibility index (Phi) is 3.62. The van der Waals surface area contributed by atoms with Crippen molar-refractivity contribution in [2.45, 2.75) is 6.92 Å². The molecule has 22 heavy (non-hydrogen) atoms. The lowest BCUT2D eigenvalue weighted by molar-refractivity contribution is -0.114. The molecule has 0 aliphatic rings. The summed E-state index contributed by atoms with van der Waals surface area (Å²) in [5.41, 5.74) is 0.656. The average molecular weight is 295 g/mol. The van der Waals surface area contributed by atoms with Crippen LogP contribution in [0.4, 0.5) is 5.69 Å². The molecule has 0 radical (unpaired) electrons. The molecule has 0 saturated carbocycles. The van der Waals surface area contributed by atoms with Crippen LogP contribution in [0.3, 0.4) is 0 Å². The van der Waals surface area contributed by atoms with Crippen molar-refractivity contribution in [1.29, 1.82) is 0 Å². The van der Waals surface area contributed by atoms with Crippen LogP contribution in [0.2, 0.25) is 0 Å². The van der Waals surface area contributed by atoms with Gasteiger partial charge in [-0.15, -0.1) is 0 Å². The molecular formula is C17H13NO4. The van der Waals surface area contributed by atoms with Crippen LogP contribution in [0.5, 0.6) is 11.5 Å². The van der Waals surface area contributed by atoms with E-state index in [1.165, 1.54) is 19.3 Å². The minimum atomic E-state index is -0.240. The van der Waals surface area contributed by atoms with Crippen molar-refractivity contribution >= 4 is 22.6 Å². The Bertz CT molecular complexity index is 884. The van der Waals surface area contributed by atoms with Crippen LogP contribution < -0.4 is 15.5 Å². The smallest absolute Gasteiger partial charge is 0.221 e. The number of hydrogen-bond donors (Lipinski definition) is 1. The topological polar surface area (TPSA) is 68.5 Å². The van der Waals surface area contributed by atoms with E-state index in [1.54, 1.807) is 24.3 Å². The fraction of sp³-hybridized carbons (Fsp3) is 0.0588. The van der Waals surface area contributed by atoms with Gasteiger partial charge in [-0.3, -0.25) is 9.59 Å². The van der Waals surface area contributed by atoms with Gasteiger partial charge < -0.3 is 14.5 Å². The molecule has 1 N–H and O–H groups in total. The van der Waals surface area contributed by atoms with Gasteiger partial charge >= 0.3 is 0 Å². The first-order chi connectivity index (χ1) is 10.6. The van der Waals surface area contributed by atoms with E-state index in [2.05, 4.69) is 5.32 Å². The second kappa shape index (κ2) is 5.73. The van der Waals surface area contributed by atoms with Gasteiger partial charge in [-0.05, 0) is 18.2 Å². The Labute approximate surface area is 126 Å². The fourth-order valence-corrected chi connectivity index (χ4v) is 2.10. The average Bonchev–Trinajstić information content (AvgIpc) is 2.49. The molecule has 0 saturated heterocycles. The molecule has 3 aromatic rings. The number of hydrogen-bond acceptors (Lipinski definition) is 4. The van der Waals surface area contributed by atoms with Gasteiger partial charge in [0.2, 0.25) is 5.91 Å². The summed E-state index contributed by atoms with van der Waals surface area (Å²) in [6.07, 6.45) is 1.32. The van der Waals surface area contributed by atoms with Crippen molar-refractivity contribution in [2.75, 3.05) is 5.32 Å². The van der Waals surface area contributed by atoms with Gasteiger partial charge in [0.15, 0.2) is 11.2 Å². The quantitative estimate of drug-likeness (QED) is 0.802. The first-order valence-electron chi connectivity index (χ1n) is 6.69. The number of amides is 1. The van der Waals surface area contributed by atoms with Crippen molar-refractivity contribution in [3.8, 4) is 11.5 Å². The standard InChI is InChI=1S/C17H13NO4/c1-11(19)18-14-10-16-13(15(20)7-8-21-16)9-17(14)22-12-5-3-2-4-6-12/h2-10H,1H3,(H,18,19). The maximum absolute atomic E-state index is 11.9. The van der Waals surface area contributed by atoms with Gasteiger partial charge in [-0.1, -0.05) is 18.2 Å². The summed E-state index contributed by atoms with van der Waals surface area (Å²) in [5.74, 6) is 0.747. The minimum absolute atomic E-state index is 0.173. The maximum atomic E-state index is 11.9. The Hall–Kier alpha value is -3.08. The van der Waals surface area contributed by atoms with E-state index in [9.17, 15) is 9.59 Å². The Balaban J connectivity index is 2.14. The Morgan fingerprint density at radius 1 is 1.14 bits per heavy atom. The summed E-state index contributed by atoms with van der Waals surface area (Å²) in [6, 6.07) is 13.6. The van der Waals surface area contributed by atoms with Crippen molar-refractivity contribution in [1.82, 2.24) is 0 Å². The van der Waals surface area contributed by atoms with Crippen LogP contribution in [0, 0.1) is 0 Å². The van der Waals surface area contributed by atoms with Crippen molar-refractivity contribution in [2.24, 2.45) is 0 Å². The van der Waals surface area contributed by atoms with Crippen LogP contribution in [-0.2, 0) is 4.79 Å². The molecule has 1 amide bonds. The molecule has 0 atom stereocenters. The molecule has 0 fully saturated rings. The van der Waals surface area contributed by atoms with Gasteiger partial charge in [0.1, 0.15) is 11.3 Å². The van der Waals surface area contributed by atoms with Crippen molar-refractivity contribution < 1.29 is 13.9 Å². The molecule has 0 spiro atoms. The lowest BCUT2D eigenvalue weighted by Gasteiger charge is -2.12. The monoisotopic (exact) mass is 295 g/mol. The zero-order chi connectivity index (χ0) is 15.5. The fourth-order valence-electron chi connectivity index (χ4n) is 2.10. The van der Waals surface area contributed by atoms with Crippen LogP contribution >= 0.6 is 0 Å². The molecule has 0 unspecified atom stereocenters. The third-order valence-electron chi connectivity index (χ3n) is 3.04. The summed E-state index contributed by atoms with van der Waals surface area (Å²) >= 11 is 0. The summed E-state index contributed by atoms with van der Waals surface area (Å²) in [5, 5.41) is 3.07. The predicted molar refractivity (Wildman–Crippen MR) is 83.3 cm³/mol. The molecule has 110 valence electrons. The SMILES string of the molecule is CC(=O)Nc1cc2occc(=O)c2cc1Oc1ccccc1. The molecule has 1 heterocycles. The van der Waals surface area contributed by atoms with Crippen molar-refractivity contribution in [3.63, 3.8) is 0 Å². The lowest BCUT2D eigenvalue weighted by Crippen LogP contribution is -2.08.